The van der Waals surface area contributed by atoms with Crippen LogP contribution in [0.5, 0.6) is 0 Å². The van der Waals surface area contributed by atoms with Crippen molar-refractivity contribution in [3.8, 4) is 16.9 Å². The normalized spacial score (nSPS) is 16.7. The number of carbonyl (C=O) groups excluding carboxylic acids is 1. The van der Waals surface area contributed by atoms with E-state index in [9.17, 15) is 9.18 Å². The lowest BCUT2D eigenvalue weighted by atomic mass is 10.1. The zero-order valence-electron chi connectivity index (χ0n) is 15.3. The molecular weight excluding hydrogens is 341 g/mol. The Bertz CT molecular complexity index is 934. The second-order valence-electron chi connectivity index (χ2n) is 7.20. The summed E-state index contributed by atoms with van der Waals surface area (Å²) in [6, 6.07) is 16.0. The molecule has 1 aliphatic rings. The maximum Gasteiger partial charge on any atom is 0.227 e. The second-order valence-corrected chi connectivity index (χ2v) is 7.20. The molecule has 27 heavy (non-hydrogen) atoms. The minimum absolute atomic E-state index is 0.121. The van der Waals surface area contributed by atoms with Gasteiger partial charge in [-0.1, -0.05) is 25.1 Å². The van der Waals surface area contributed by atoms with Gasteiger partial charge < -0.3 is 4.90 Å². The summed E-state index contributed by atoms with van der Waals surface area (Å²) in [5.41, 5.74) is 3.31. The van der Waals surface area contributed by atoms with Crippen molar-refractivity contribution in [2.24, 2.45) is 5.92 Å². The van der Waals surface area contributed by atoms with Crippen LogP contribution < -0.4 is 0 Å². The van der Waals surface area contributed by atoms with Crippen molar-refractivity contribution in [1.29, 1.82) is 0 Å². The summed E-state index contributed by atoms with van der Waals surface area (Å²) in [6.07, 6.45) is 3.26. The van der Waals surface area contributed by atoms with Crippen LogP contribution in [-0.2, 0) is 11.2 Å². The van der Waals surface area contributed by atoms with Gasteiger partial charge in [-0.2, -0.15) is 5.10 Å². The van der Waals surface area contributed by atoms with Crippen molar-refractivity contribution >= 4 is 5.91 Å². The zero-order valence-corrected chi connectivity index (χ0v) is 15.3. The molecule has 1 aromatic heterocycles. The minimum atomic E-state index is -0.287. The molecule has 2 heterocycles. The van der Waals surface area contributed by atoms with Crippen LogP contribution in [0.3, 0.4) is 0 Å². The highest BCUT2D eigenvalue weighted by molar-refractivity contribution is 5.81. The Kier molecular flexibility index (Phi) is 4.75. The van der Waals surface area contributed by atoms with Crippen molar-refractivity contribution in [2.75, 3.05) is 13.1 Å². The van der Waals surface area contributed by atoms with E-state index in [0.717, 1.165) is 42.0 Å². The molecule has 0 saturated carbocycles. The lowest BCUT2D eigenvalue weighted by molar-refractivity contribution is -0.129. The van der Waals surface area contributed by atoms with E-state index in [2.05, 4.69) is 6.92 Å². The van der Waals surface area contributed by atoms with Crippen LogP contribution in [0, 0.1) is 11.7 Å². The fraction of sp³-hybridized carbons (Fsp3) is 0.273. The second kappa shape index (κ2) is 7.35. The Hall–Kier alpha value is -2.95. The molecule has 1 aliphatic heterocycles. The summed E-state index contributed by atoms with van der Waals surface area (Å²) in [4.78, 5) is 14.7. The van der Waals surface area contributed by atoms with Gasteiger partial charge in [0.05, 0.1) is 17.8 Å². The van der Waals surface area contributed by atoms with Crippen LogP contribution in [0.4, 0.5) is 4.39 Å². The average molecular weight is 363 g/mol. The molecule has 5 heteroatoms. The molecule has 3 aromatic rings. The Morgan fingerprint density at radius 2 is 1.89 bits per heavy atom. The number of rotatable bonds is 4. The number of benzene rings is 2. The summed E-state index contributed by atoms with van der Waals surface area (Å²) < 4.78 is 15.1. The van der Waals surface area contributed by atoms with Gasteiger partial charge in [0.25, 0.3) is 0 Å². The molecule has 0 bridgehead atoms. The van der Waals surface area contributed by atoms with Gasteiger partial charge in [-0.25, -0.2) is 9.07 Å². The molecule has 1 amide bonds. The highest BCUT2D eigenvalue weighted by Crippen LogP contribution is 2.26. The molecule has 4 nitrogen and oxygen atoms in total. The fourth-order valence-electron chi connectivity index (χ4n) is 3.54. The van der Waals surface area contributed by atoms with Crippen LogP contribution in [0.1, 0.15) is 18.9 Å². The number of hydrogen-bond acceptors (Lipinski definition) is 2. The standard InChI is InChI=1S/C22H22FN3O/c1-16-11-12-25(14-16)21(27)13-18-15-26(20-5-3-2-4-6-20)24-22(18)17-7-9-19(23)10-8-17/h2-10,15-16H,11-14H2,1H3. The first-order valence-electron chi connectivity index (χ1n) is 9.28. The number of para-hydroxylation sites is 1. The molecule has 1 atom stereocenters. The van der Waals surface area contributed by atoms with Gasteiger partial charge in [0.2, 0.25) is 5.91 Å². The van der Waals surface area contributed by atoms with Crippen LogP contribution in [0.15, 0.2) is 60.8 Å². The number of hydrogen-bond donors (Lipinski definition) is 0. The van der Waals surface area contributed by atoms with E-state index in [0.29, 0.717) is 12.3 Å². The summed E-state index contributed by atoms with van der Waals surface area (Å²) in [5.74, 6) is 0.387. The molecule has 0 aliphatic carbocycles. The highest BCUT2D eigenvalue weighted by atomic mass is 19.1. The maximum atomic E-state index is 13.3. The average Bonchev–Trinajstić information content (AvgIpc) is 3.30. The van der Waals surface area contributed by atoms with E-state index < -0.39 is 0 Å². The topological polar surface area (TPSA) is 38.1 Å². The summed E-state index contributed by atoms with van der Waals surface area (Å²) in [7, 11) is 0. The van der Waals surface area contributed by atoms with Gasteiger partial charge >= 0.3 is 0 Å². The van der Waals surface area contributed by atoms with Gasteiger partial charge in [0, 0.05) is 30.4 Å². The number of likely N-dealkylation sites (tertiary alicyclic amines) is 1. The van der Waals surface area contributed by atoms with E-state index in [4.69, 9.17) is 5.10 Å². The van der Waals surface area contributed by atoms with Gasteiger partial charge in [0.1, 0.15) is 5.82 Å². The minimum Gasteiger partial charge on any atom is -0.342 e. The first kappa shape index (κ1) is 17.5. The Morgan fingerprint density at radius 1 is 1.15 bits per heavy atom. The van der Waals surface area contributed by atoms with Crippen molar-refractivity contribution in [3.05, 3.63) is 72.2 Å². The first-order chi connectivity index (χ1) is 13.1. The molecule has 0 N–H and O–H groups in total. The number of nitrogens with zero attached hydrogens (tertiary/aromatic N) is 3. The molecule has 1 fully saturated rings. The van der Waals surface area contributed by atoms with Gasteiger partial charge in [-0.3, -0.25) is 4.79 Å². The monoisotopic (exact) mass is 363 g/mol. The van der Waals surface area contributed by atoms with E-state index >= 15 is 0 Å². The quantitative estimate of drug-likeness (QED) is 0.700. The summed E-state index contributed by atoms with van der Waals surface area (Å²) in [6.45, 7) is 3.81. The third-order valence-corrected chi connectivity index (χ3v) is 5.05. The molecule has 1 unspecified atom stereocenters. The Labute approximate surface area is 158 Å². The van der Waals surface area contributed by atoms with Crippen molar-refractivity contribution in [2.45, 2.75) is 19.8 Å². The van der Waals surface area contributed by atoms with E-state index in [-0.39, 0.29) is 11.7 Å². The highest BCUT2D eigenvalue weighted by Gasteiger charge is 2.25. The molecule has 1 saturated heterocycles. The predicted molar refractivity (Wildman–Crippen MR) is 103 cm³/mol. The van der Waals surface area contributed by atoms with Crippen LogP contribution in [-0.4, -0.2) is 33.7 Å². The van der Waals surface area contributed by atoms with E-state index in [1.165, 1.54) is 12.1 Å². The molecule has 0 radical (unpaired) electrons. The zero-order chi connectivity index (χ0) is 18.8. The number of halogens is 1. The van der Waals surface area contributed by atoms with E-state index in [1.54, 1.807) is 16.8 Å². The number of amides is 1. The van der Waals surface area contributed by atoms with Gasteiger partial charge in [-0.15, -0.1) is 0 Å². The summed E-state index contributed by atoms with van der Waals surface area (Å²) in [5, 5.41) is 4.70. The first-order valence-corrected chi connectivity index (χ1v) is 9.28. The van der Waals surface area contributed by atoms with Crippen molar-refractivity contribution in [1.82, 2.24) is 14.7 Å². The number of aromatic nitrogens is 2. The smallest absolute Gasteiger partial charge is 0.227 e. The molecule has 4 rings (SSSR count). The van der Waals surface area contributed by atoms with Crippen LogP contribution in [0.2, 0.25) is 0 Å². The third kappa shape index (κ3) is 3.77. The SMILES string of the molecule is CC1CCN(C(=O)Cc2cn(-c3ccccc3)nc2-c2ccc(F)cc2)C1. The van der Waals surface area contributed by atoms with Gasteiger partial charge in [0.15, 0.2) is 0 Å². The fourth-order valence-corrected chi connectivity index (χ4v) is 3.54. The van der Waals surface area contributed by atoms with E-state index in [1.807, 2.05) is 41.4 Å². The Balaban J connectivity index is 1.68. The maximum absolute atomic E-state index is 13.3. The predicted octanol–water partition coefficient (Wildman–Crippen LogP) is 4.09. The largest absolute Gasteiger partial charge is 0.342 e. The van der Waals surface area contributed by atoms with Crippen molar-refractivity contribution in [3.63, 3.8) is 0 Å². The molecular formula is C22H22FN3O. The lowest BCUT2D eigenvalue weighted by Crippen LogP contribution is -2.29. The molecule has 138 valence electrons. The molecule has 2 aromatic carbocycles. The van der Waals surface area contributed by atoms with Crippen LogP contribution >= 0.6 is 0 Å². The molecule has 0 spiro atoms. The summed E-state index contributed by atoms with van der Waals surface area (Å²) >= 11 is 0. The Morgan fingerprint density at radius 3 is 2.56 bits per heavy atom. The van der Waals surface area contributed by atoms with Gasteiger partial charge in [-0.05, 0) is 48.7 Å². The van der Waals surface area contributed by atoms with Crippen LogP contribution in [0.25, 0.3) is 16.9 Å². The third-order valence-electron chi connectivity index (χ3n) is 5.05. The number of carbonyl (C=O) groups is 1. The lowest BCUT2D eigenvalue weighted by Gasteiger charge is -2.15. The van der Waals surface area contributed by atoms with Crippen molar-refractivity contribution < 1.29 is 9.18 Å².